The molecule has 0 aliphatic heterocycles. The number of Topliss-reactive ketones (excluding diaryl/α,β-unsaturated/α-hetero) is 2. The van der Waals surface area contributed by atoms with Gasteiger partial charge in [-0.25, -0.2) is 0 Å². The molecule has 0 unspecified atom stereocenters. The van der Waals surface area contributed by atoms with Gasteiger partial charge in [-0.2, -0.15) is 0 Å². The van der Waals surface area contributed by atoms with E-state index in [0.717, 1.165) is 15.2 Å². The quantitative estimate of drug-likeness (QED) is 0.564. The number of nitrogens with two attached hydrogens (primary N) is 1. The first-order valence-corrected chi connectivity index (χ1v) is 8.56. The largest absolute Gasteiger partial charge is 0.395 e. The lowest BCUT2D eigenvalue weighted by molar-refractivity contribution is -0.111. The van der Waals surface area contributed by atoms with Crippen molar-refractivity contribution in [2.75, 3.05) is 0 Å². The van der Waals surface area contributed by atoms with Gasteiger partial charge in [-0.3, -0.25) is 9.59 Å². The number of carbonyl (C=O) groups excluding carboxylic acids is 2. The van der Waals surface area contributed by atoms with E-state index < -0.39 is 11.6 Å². The van der Waals surface area contributed by atoms with Crippen LogP contribution < -0.4 is 5.73 Å². The molecule has 0 radical (unpaired) electrons. The minimum absolute atomic E-state index is 0.0118. The van der Waals surface area contributed by atoms with Gasteiger partial charge in [0.25, 0.3) is 0 Å². The first kappa shape index (κ1) is 17.1. The highest BCUT2D eigenvalue weighted by Crippen LogP contribution is 2.25. The summed E-state index contributed by atoms with van der Waals surface area (Å²) in [5, 5.41) is 1.97. The minimum atomic E-state index is -0.618. The molecule has 4 rings (SSSR count). The summed E-state index contributed by atoms with van der Waals surface area (Å²) in [6, 6.07) is 19.5. The monoisotopic (exact) mass is 393 g/mol. The molecular weight excluding hydrogens is 378 g/mol. The number of aryl methyl sites for hydroxylation is 1. The first-order valence-electron chi connectivity index (χ1n) is 7.77. The van der Waals surface area contributed by atoms with Crippen LogP contribution in [0.25, 0.3) is 16.8 Å². The van der Waals surface area contributed by atoms with Crippen molar-refractivity contribution in [3.8, 4) is 0 Å². The summed E-state index contributed by atoms with van der Waals surface area (Å²) in [4.78, 5) is 23.3. The van der Waals surface area contributed by atoms with Crippen molar-refractivity contribution < 1.29 is 9.59 Å². The molecule has 0 saturated heterocycles. The van der Waals surface area contributed by atoms with Crippen LogP contribution in [0.5, 0.6) is 0 Å². The van der Waals surface area contributed by atoms with Crippen LogP contribution in [0.2, 0.25) is 0 Å². The van der Waals surface area contributed by atoms with Gasteiger partial charge in [-0.1, -0.05) is 57.9 Å². The van der Waals surface area contributed by atoms with Gasteiger partial charge in [0.2, 0.25) is 11.6 Å². The van der Waals surface area contributed by atoms with Gasteiger partial charge in [-0.05, 0) is 53.6 Å². The third-order valence-corrected chi connectivity index (χ3v) is 4.42. The second-order valence-corrected chi connectivity index (χ2v) is 6.76. The molecule has 0 spiro atoms. The van der Waals surface area contributed by atoms with Crippen LogP contribution in [0.4, 0.5) is 0 Å². The Labute approximate surface area is 154 Å². The normalized spacial score (nSPS) is 13.0. The summed E-state index contributed by atoms with van der Waals surface area (Å²) >= 11 is 3.36. The Bertz CT molecular complexity index is 1000. The number of rotatable bonds is 0. The van der Waals surface area contributed by atoms with E-state index >= 15 is 0 Å². The topological polar surface area (TPSA) is 60.2 Å². The summed E-state index contributed by atoms with van der Waals surface area (Å²) < 4.78 is 1.15. The number of ketones is 2. The molecule has 25 heavy (non-hydrogen) atoms. The number of benzene rings is 3. The fourth-order valence-corrected chi connectivity index (χ4v) is 3.18. The molecule has 0 bridgehead atoms. The average Bonchev–Trinajstić information content (AvgIpc) is 2.59. The highest BCUT2D eigenvalue weighted by atomic mass is 79.9. The van der Waals surface area contributed by atoms with Gasteiger partial charge in [-0.15, -0.1) is 0 Å². The van der Waals surface area contributed by atoms with E-state index in [1.165, 1.54) is 5.56 Å². The van der Waals surface area contributed by atoms with Gasteiger partial charge in [0.15, 0.2) is 0 Å². The zero-order chi connectivity index (χ0) is 18.0. The Kier molecular flexibility index (Phi) is 4.81. The third kappa shape index (κ3) is 3.69. The van der Waals surface area contributed by atoms with E-state index in [-0.39, 0.29) is 5.70 Å². The molecule has 0 amide bonds. The van der Waals surface area contributed by atoms with Gasteiger partial charge in [0.1, 0.15) is 0 Å². The Morgan fingerprint density at radius 3 is 2.12 bits per heavy atom. The molecular formula is C21H16BrNO2. The summed E-state index contributed by atoms with van der Waals surface area (Å²) in [5.41, 5.74) is 7.97. The summed E-state index contributed by atoms with van der Waals surface area (Å²) in [6.45, 7) is 2.07. The SMILES string of the molecule is Cc1cccc(Br)c1.NC1=Cc2cc3ccccc3cc2C(=O)C1=O. The molecule has 3 aromatic rings. The van der Waals surface area contributed by atoms with Crippen molar-refractivity contribution in [1.29, 1.82) is 0 Å². The number of allylic oxidation sites excluding steroid dienone is 1. The first-order chi connectivity index (χ1) is 12.0. The fourth-order valence-electron chi connectivity index (χ4n) is 2.67. The van der Waals surface area contributed by atoms with Crippen LogP contribution in [0.3, 0.4) is 0 Å². The molecule has 0 atom stereocenters. The lowest BCUT2D eigenvalue weighted by Gasteiger charge is -2.12. The number of halogens is 1. The minimum Gasteiger partial charge on any atom is -0.395 e. The van der Waals surface area contributed by atoms with Gasteiger partial charge < -0.3 is 5.73 Å². The average molecular weight is 394 g/mol. The van der Waals surface area contributed by atoms with Crippen LogP contribution in [0, 0.1) is 6.92 Å². The number of carbonyl (C=O) groups is 2. The van der Waals surface area contributed by atoms with Gasteiger partial charge in [0, 0.05) is 10.0 Å². The fraction of sp³-hybridized carbons (Fsp3) is 0.0476. The van der Waals surface area contributed by atoms with Crippen LogP contribution in [0.1, 0.15) is 21.5 Å². The van der Waals surface area contributed by atoms with Crippen LogP contribution >= 0.6 is 15.9 Å². The number of hydrogen-bond donors (Lipinski definition) is 1. The summed E-state index contributed by atoms with van der Waals surface area (Å²) in [7, 11) is 0. The van der Waals surface area contributed by atoms with Crippen LogP contribution in [-0.2, 0) is 4.79 Å². The third-order valence-electron chi connectivity index (χ3n) is 3.92. The highest BCUT2D eigenvalue weighted by molar-refractivity contribution is 9.10. The maximum Gasteiger partial charge on any atom is 0.249 e. The Morgan fingerprint density at radius 1 is 0.840 bits per heavy atom. The molecule has 1 aliphatic carbocycles. The van der Waals surface area contributed by atoms with Crippen molar-refractivity contribution in [3.63, 3.8) is 0 Å². The van der Waals surface area contributed by atoms with Crippen molar-refractivity contribution in [2.45, 2.75) is 6.92 Å². The predicted molar refractivity (Wildman–Crippen MR) is 104 cm³/mol. The van der Waals surface area contributed by atoms with Crippen molar-refractivity contribution in [1.82, 2.24) is 0 Å². The summed E-state index contributed by atoms with van der Waals surface area (Å²) in [5.74, 6) is -1.14. The van der Waals surface area contributed by atoms with E-state index in [4.69, 9.17) is 5.73 Å². The Balaban J connectivity index is 0.000000192. The molecule has 4 heteroatoms. The molecule has 3 nitrogen and oxygen atoms in total. The Hall–Kier alpha value is -2.72. The molecule has 1 aliphatic rings. The van der Waals surface area contributed by atoms with Crippen LogP contribution in [-0.4, -0.2) is 11.6 Å². The van der Waals surface area contributed by atoms with Gasteiger partial charge >= 0.3 is 0 Å². The van der Waals surface area contributed by atoms with Crippen molar-refractivity contribution in [2.24, 2.45) is 5.73 Å². The smallest absolute Gasteiger partial charge is 0.249 e. The number of hydrogen-bond acceptors (Lipinski definition) is 3. The Morgan fingerprint density at radius 2 is 1.52 bits per heavy atom. The maximum absolute atomic E-state index is 11.8. The molecule has 0 heterocycles. The zero-order valence-electron chi connectivity index (χ0n) is 13.6. The second kappa shape index (κ2) is 7.03. The molecule has 124 valence electrons. The molecule has 2 N–H and O–H groups in total. The summed E-state index contributed by atoms with van der Waals surface area (Å²) in [6.07, 6.45) is 1.56. The lowest BCUT2D eigenvalue weighted by Crippen LogP contribution is -2.25. The number of fused-ring (bicyclic) bond motifs is 2. The van der Waals surface area contributed by atoms with Crippen LogP contribution in [0.15, 0.2) is 70.8 Å². The van der Waals surface area contributed by atoms with Crippen molar-refractivity contribution >= 4 is 44.3 Å². The molecule has 0 saturated carbocycles. The van der Waals surface area contributed by atoms with E-state index in [2.05, 4.69) is 35.0 Å². The standard InChI is InChI=1S/C14H9NO2.C7H7Br/c15-12-7-10-5-8-3-1-2-4-9(8)6-11(10)13(16)14(12)17;1-6-3-2-4-7(8)5-6/h1-7H,15H2;2-5H,1H3. The molecule has 3 aromatic carbocycles. The van der Waals surface area contributed by atoms with E-state index in [1.54, 1.807) is 12.1 Å². The second-order valence-electron chi connectivity index (χ2n) is 5.84. The van der Waals surface area contributed by atoms with E-state index in [1.807, 2.05) is 42.5 Å². The zero-order valence-corrected chi connectivity index (χ0v) is 15.2. The molecule has 0 aromatic heterocycles. The van der Waals surface area contributed by atoms with E-state index in [9.17, 15) is 9.59 Å². The lowest BCUT2D eigenvalue weighted by atomic mass is 9.91. The molecule has 0 fully saturated rings. The maximum atomic E-state index is 11.8. The highest BCUT2D eigenvalue weighted by Gasteiger charge is 2.25. The van der Waals surface area contributed by atoms with E-state index in [0.29, 0.717) is 11.1 Å². The predicted octanol–water partition coefficient (Wildman–Crippen LogP) is 4.66. The van der Waals surface area contributed by atoms with Gasteiger partial charge in [0.05, 0.1) is 5.70 Å². The van der Waals surface area contributed by atoms with Crippen molar-refractivity contribution in [3.05, 3.63) is 87.5 Å².